The van der Waals surface area contributed by atoms with Crippen molar-refractivity contribution in [3.8, 4) is 0 Å². The van der Waals surface area contributed by atoms with Crippen LogP contribution in [0.25, 0.3) is 10.9 Å². The lowest BCUT2D eigenvalue weighted by molar-refractivity contribution is -0.361. The SMILES string of the molecule is O[C@@]1(C(F)(F)F)C[C@H](c2c[nH]c3ccccc23)NO1. The average Bonchev–Trinajstić information content (AvgIpc) is 2.92. The Morgan fingerprint density at radius 3 is 2.74 bits per heavy atom. The van der Waals surface area contributed by atoms with Gasteiger partial charge in [0.2, 0.25) is 0 Å². The third-order valence-electron chi connectivity index (χ3n) is 3.29. The van der Waals surface area contributed by atoms with Gasteiger partial charge in [0, 0.05) is 23.5 Å². The van der Waals surface area contributed by atoms with Crippen molar-refractivity contribution in [1.29, 1.82) is 0 Å². The Labute approximate surface area is 106 Å². The number of fused-ring (bicyclic) bond motifs is 1. The van der Waals surface area contributed by atoms with Crippen LogP contribution in [0.1, 0.15) is 18.0 Å². The summed E-state index contributed by atoms with van der Waals surface area (Å²) in [6.07, 6.45) is -3.80. The second-order valence-corrected chi connectivity index (χ2v) is 4.55. The maximum atomic E-state index is 12.7. The van der Waals surface area contributed by atoms with E-state index in [0.29, 0.717) is 5.56 Å². The molecule has 0 spiro atoms. The van der Waals surface area contributed by atoms with E-state index in [1.54, 1.807) is 18.3 Å². The summed E-state index contributed by atoms with van der Waals surface area (Å²) in [6.45, 7) is 0. The molecule has 102 valence electrons. The highest BCUT2D eigenvalue weighted by molar-refractivity contribution is 5.83. The Hall–Kier alpha value is -1.57. The first-order chi connectivity index (χ1) is 8.91. The highest BCUT2D eigenvalue weighted by atomic mass is 19.4. The molecule has 7 heteroatoms. The lowest BCUT2D eigenvalue weighted by Crippen LogP contribution is -2.45. The number of hydroxylamine groups is 1. The van der Waals surface area contributed by atoms with Gasteiger partial charge in [0.25, 0.3) is 5.79 Å². The molecule has 0 radical (unpaired) electrons. The molecule has 0 unspecified atom stereocenters. The molecular formula is C12H11F3N2O2. The molecule has 1 aromatic carbocycles. The summed E-state index contributed by atoms with van der Waals surface area (Å²) in [5, 5.41) is 10.3. The molecule has 0 bridgehead atoms. The number of benzene rings is 1. The maximum Gasteiger partial charge on any atom is 0.444 e. The zero-order valence-corrected chi connectivity index (χ0v) is 9.66. The molecule has 2 aromatic rings. The predicted molar refractivity (Wildman–Crippen MR) is 60.9 cm³/mol. The van der Waals surface area contributed by atoms with Gasteiger partial charge >= 0.3 is 6.18 Å². The van der Waals surface area contributed by atoms with E-state index in [0.717, 1.165) is 10.9 Å². The number of nitrogens with one attached hydrogen (secondary N) is 2. The van der Waals surface area contributed by atoms with Crippen molar-refractivity contribution in [2.24, 2.45) is 0 Å². The van der Waals surface area contributed by atoms with Crippen molar-refractivity contribution in [1.82, 2.24) is 10.5 Å². The zero-order chi connectivity index (χ0) is 13.7. The molecule has 1 aromatic heterocycles. The van der Waals surface area contributed by atoms with Gasteiger partial charge in [-0.3, -0.25) is 4.84 Å². The van der Waals surface area contributed by atoms with E-state index in [9.17, 15) is 18.3 Å². The summed E-state index contributed by atoms with van der Waals surface area (Å²) in [4.78, 5) is 7.33. The third kappa shape index (κ3) is 1.90. The third-order valence-corrected chi connectivity index (χ3v) is 3.29. The zero-order valence-electron chi connectivity index (χ0n) is 9.66. The van der Waals surface area contributed by atoms with Crippen molar-refractivity contribution in [3.05, 3.63) is 36.0 Å². The van der Waals surface area contributed by atoms with E-state index in [-0.39, 0.29) is 0 Å². The molecule has 0 saturated carbocycles. The highest BCUT2D eigenvalue weighted by Gasteiger charge is 2.60. The first-order valence-electron chi connectivity index (χ1n) is 5.69. The Kier molecular flexibility index (Phi) is 2.60. The lowest BCUT2D eigenvalue weighted by atomic mass is 10.00. The number of rotatable bonds is 1. The van der Waals surface area contributed by atoms with Crippen molar-refractivity contribution in [2.75, 3.05) is 0 Å². The number of para-hydroxylation sites is 1. The van der Waals surface area contributed by atoms with E-state index in [2.05, 4.69) is 15.3 Å². The van der Waals surface area contributed by atoms with Gasteiger partial charge in [0.15, 0.2) is 0 Å². The second-order valence-electron chi connectivity index (χ2n) is 4.55. The minimum absolute atomic E-state index is 0.585. The number of hydrogen-bond acceptors (Lipinski definition) is 3. The number of aromatic nitrogens is 1. The van der Waals surface area contributed by atoms with Gasteiger partial charge < -0.3 is 10.1 Å². The van der Waals surface area contributed by atoms with E-state index < -0.39 is 24.4 Å². The summed E-state index contributed by atoms with van der Waals surface area (Å²) in [6, 6.07) is 6.53. The first-order valence-corrected chi connectivity index (χ1v) is 5.69. The van der Waals surface area contributed by atoms with E-state index in [1.807, 2.05) is 12.1 Å². The second kappa shape index (κ2) is 3.96. The van der Waals surface area contributed by atoms with Gasteiger partial charge in [-0.1, -0.05) is 18.2 Å². The normalized spacial score (nSPS) is 28.1. The molecule has 3 N–H and O–H groups in total. The molecule has 0 amide bonds. The number of halogens is 3. The molecule has 1 aliphatic heterocycles. The molecule has 19 heavy (non-hydrogen) atoms. The Morgan fingerprint density at radius 1 is 1.32 bits per heavy atom. The molecule has 4 nitrogen and oxygen atoms in total. The fourth-order valence-electron chi connectivity index (χ4n) is 2.26. The Bertz CT molecular complexity index is 610. The standard InChI is InChI=1S/C12H11F3N2O2/c13-12(14,15)11(18)5-10(17-19-11)8-6-16-9-4-2-1-3-7(8)9/h1-4,6,10,16-18H,5H2/t10-,11+/m1/s1. The molecule has 2 atom stereocenters. The van der Waals surface area contributed by atoms with Crippen molar-refractivity contribution in [3.63, 3.8) is 0 Å². The summed E-state index contributed by atoms with van der Waals surface area (Å²) in [7, 11) is 0. The van der Waals surface area contributed by atoms with Gasteiger partial charge in [0.1, 0.15) is 0 Å². The lowest BCUT2D eigenvalue weighted by Gasteiger charge is -2.22. The predicted octanol–water partition coefficient (Wildman–Crippen LogP) is 2.38. The van der Waals surface area contributed by atoms with Gasteiger partial charge in [0.05, 0.1) is 6.04 Å². The smallest absolute Gasteiger partial charge is 0.361 e. The van der Waals surface area contributed by atoms with Gasteiger partial charge in [-0.05, 0) is 11.6 Å². The summed E-state index contributed by atoms with van der Waals surface area (Å²) in [5.74, 6) is -3.14. The van der Waals surface area contributed by atoms with Crippen LogP contribution in [0.15, 0.2) is 30.5 Å². The van der Waals surface area contributed by atoms with Crippen molar-refractivity contribution < 1.29 is 23.1 Å². The summed E-state index contributed by atoms with van der Waals surface area (Å²) < 4.78 is 38.0. The van der Waals surface area contributed by atoms with Crippen molar-refractivity contribution >= 4 is 10.9 Å². The van der Waals surface area contributed by atoms with Crippen LogP contribution in [0.4, 0.5) is 13.2 Å². The molecule has 1 saturated heterocycles. The molecular weight excluding hydrogens is 261 g/mol. The van der Waals surface area contributed by atoms with Crippen LogP contribution < -0.4 is 5.48 Å². The summed E-state index contributed by atoms with van der Waals surface area (Å²) in [5.41, 5.74) is 3.71. The van der Waals surface area contributed by atoms with Gasteiger partial charge in [-0.2, -0.15) is 18.7 Å². The van der Waals surface area contributed by atoms with Crippen LogP contribution in [-0.2, 0) is 4.84 Å². The van der Waals surface area contributed by atoms with Crippen molar-refractivity contribution in [2.45, 2.75) is 24.4 Å². The fraction of sp³-hybridized carbons (Fsp3) is 0.333. The maximum absolute atomic E-state index is 12.7. The summed E-state index contributed by atoms with van der Waals surface area (Å²) >= 11 is 0. The topological polar surface area (TPSA) is 57.3 Å². The molecule has 2 heterocycles. The minimum Gasteiger partial charge on any atom is -0.361 e. The largest absolute Gasteiger partial charge is 0.444 e. The first kappa shape index (κ1) is 12.5. The van der Waals surface area contributed by atoms with Crippen LogP contribution in [0.5, 0.6) is 0 Å². The number of aromatic amines is 1. The number of alkyl halides is 3. The molecule has 0 aliphatic carbocycles. The van der Waals surface area contributed by atoms with Crippen LogP contribution in [0.2, 0.25) is 0 Å². The quantitative estimate of drug-likeness (QED) is 0.747. The monoisotopic (exact) mass is 272 g/mol. The van der Waals surface area contributed by atoms with Crippen LogP contribution in [0, 0.1) is 0 Å². The van der Waals surface area contributed by atoms with E-state index >= 15 is 0 Å². The molecule has 1 aliphatic rings. The number of hydrogen-bond donors (Lipinski definition) is 3. The Morgan fingerprint density at radius 2 is 2.05 bits per heavy atom. The molecule has 1 fully saturated rings. The minimum atomic E-state index is -4.83. The van der Waals surface area contributed by atoms with Crippen LogP contribution in [0.3, 0.4) is 0 Å². The van der Waals surface area contributed by atoms with E-state index in [4.69, 9.17) is 0 Å². The van der Waals surface area contributed by atoms with E-state index in [1.165, 1.54) is 0 Å². The fourth-order valence-corrected chi connectivity index (χ4v) is 2.26. The number of aliphatic hydroxyl groups is 1. The van der Waals surface area contributed by atoms with Crippen LogP contribution in [-0.4, -0.2) is 22.1 Å². The average molecular weight is 272 g/mol. The Balaban J connectivity index is 1.93. The van der Waals surface area contributed by atoms with Gasteiger partial charge in [-0.25, -0.2) is 0 Å². The van der Waals surface area contributed by atoms with Gasteiger partial charge in [-0.15, -0.1) is 0 Å². The number of H-pyrrole nitrogens is 1. The van der Waals surface area contributed by atoms with Crippen LogP contribution >= 0.6 is 0 Å². The highest BCUT2D eigenvalue weighted by Crippen LogP contribution is 2.43. The molecule has 3 rings (SSSR count).